The molecule has 2 aromatic carbocycles. The summed E-state index contributed by atoms with van der Waals surface area (Å²) in [6.45, 7) is 2.67. The highest BCUT2D eigenvalue weighted by molar-refractivity contribution is 6.06. The van der Waals surface area contributed by atoms with E-state index in [1.807, 2.05) is 24.3 Å². The van der Waals surface area contributed by atoms with Crippen molar-refractivity contribution in [3.8, 4) is 5.75 Å². The van der Waals surface area contributed by atoms with Crippen molar-refractivity contribution in [2.24, 2.45) is 0 Å². The third-order valence-corrected chi connectivity index (χ3v) is 4.61. The van der Waals surface area contributed by atoms with Crippen LogP contribution in [0.2, 0.25) is 0 Å². The normalized spacial score (nSPS) is 10.8. The van der Waals surface area contributed by atoms with Gasteiger partial charge in [-0.25, -0.2) is 9.48 Å². The predicted molar refractivity (Wildman–Crippen MR) is 119 cm³/mol. The predicted octanol–water partition coefficient (Wildman–Crippen LogP) is 3.49. The van der Waals surface area contributed by atoms with E-state index >= 15 is 0 Å². The lowest BCUT2D eigenvalue weighted by molar-refractivity contribution is -0.111. The Bertz CT molecular complexity index is 1080. The monoisotopic (exact) mass is 435 g/mol. The lowest BCUT2D eigenvalue weighted by atomic mass is 10.1. The number of anilines is 1. The van der Waals surface area contributed by atoms with Gasteiger partial charge in [0.2, 0.25) is 5.91 Å². The minimum Gasteiger partial charge on any atom is -0.497 e. The van der Waals surface area contributed by atoms with Crippen molar-refractivity contribution in [2.45, 2.75) is 32.9 Å². The second-order valence-electron chi connectivity index (χ2n) is 6.89. The first kappa shape index (κ1) is 22.7. The number of unbranched alkanes of at least 4 members (excludes halogenated alkanes) is 1. The van der Waals surface area contributed by atoms with E-state index in [2.05, 4.69) is 27.8 Å². The molecule has 0 fully saturated rings. The number of nitrogens with one attached hydrogen (secondary N) is 1. The van der Waals surface area contributed by atoms with Gasteiger partial charge in [-0.3, -0.25) is 4.79 Å². The van der Waals surface area contributed by atoms with Crippen LogP contribution in [0, 0.1) is 0 Å². The number of aromatic nitrogens is 4. The number of esters is 1. The molecular weight excluding hydrogens is 410 g/mol. The van der Waals surface area contributed by atoms with E-state index < -0.39 is 5.97 Å². The summed E-state index contributed by atoms with van der Waals surface area (Å²) >= 11 is 0. The Hall–Kier alpha value is -4.01. The second-order valence-corrected chi connectivity index (χ2v) is 6.89. The van der Waals surface area contributed by atoms with Gasteiger partial charge in [-0.15, -0.1) is 5.10 Å². The summed E-state index contributed by atoms with van der Waals surface area (Å²) in [4.78, 5) is 25.0. The number of methoxy groups -OCH3 is 1. The highest BCUT2D eigenvalue weighted by Crippen LogP contribution is 2.17. The number of carbonyl (C=O) groups excluding carboxylic acids is 2. The van der Waals surface area contributed by atoms with Crippen LogP contribution < -0.4 is 10.1 Å². The van der Waals surface area contributed by atoms with E-state index in [1.54, 1.807) is 42.1 Å². The number of aryl methyl sites for hydroxylation is 1. The van der Waals surface area contributed by atoms with Crippen molar-refractivity contribution in [3.05, 3.63) is 71.6 Å². The van der Waals surface area contributed by atoms with E-state index in [0.717, 1.165) is 24.2 Å². The zero-order chi connectivity index (χ0) is 22.8. The van der Waals surface area contributed by atoms with Crippen LogP contribution in [-0.2, 0) is 22.7 Å². The smallest absolute Gasteiger partial charge is 0.340 e. The van der Waals surface area contributed by atoms with Crippen LogP contribution in [0.3, 0.4) is 0 Å². The minimum atomic E-state index is -0.579. The summed E-state index contributed by atoms with van der Waals surface area (Å²) in [6.07, 6.45) is 4.99. The van der Waals surface area contributed by atoms with E-state index in [0.29, 0.717) is 18.1 Å². The Morgan fingerprint density at radius 1 is 1.12 bits per heavy atom. The fourth-order valence-corrected chi connectivity index (χ4v) is 2.85. The fourth-order valence-electron chi connectivity index (χ4n) is 2.85. The average molecular weight is 435 g/mol. The van der Waals surface area contributed by atoms with Crippen LogP contribution in [0.5, 0.6) is 5.75 Å². The zero-order valence-electron chi connectivity index (χ0n) is 18.0. The van der Waals surface area contributed by atoms with Gasteiger partial charge in [-0.2, -0.15) is 0 Å². The molecule has 9 nitrogen and oxygen atoms in total. The van der Waals surface area contributed by atoms with Crippen LogP contribution >= 0.6 is 0 Å². The van der Waals surface area contributed by atoms with Crippen molar-refractivity contribution >= 4 is 23.6 Å². The molecule has 0 radical (unpaired) electrons. The molecule has 9 heteroatoms. The Morgan fingerprint density at radius 3 is 2.66 bits per heavy atom. The standard InChI is InChI=1S/C23H25N5O4/c1-3-4-15-28-21(25-26-27-28)16-32-23(30)19-7-5-6-8-20(19)24-22(29)14-11-17-9-12-18(31-2)13-10-17/h5-14H,3-4,15-16H2,1-2H3,(H,24,29)/b14-11+. The number of benzene rings is 2. The number of tetrazole rings is 1. The number of hydrogen-bond donors (Lipinski definition) is 1. The molecular formula is C23H25N5O4. The van der Waals surface area contributed by atoms with Crippen molar-refractivity contribution in [1.82, 2.24) is 20.2 Å². The molecule has 0 spiro atoms. The van der Waals surface area contributed by atoms with Gasteiger partial charge >= 0.3 is 5.97 Å². The lowest BCUT2D eigenvalue weighted by Crippen LogP contribution is -2.15. The molecule has 1 heterocycles. The van der Waals surface area contributed by atoms with Crippen molar-refractivity contribution in [2.75, 3.05) is 12.4 Å². The minimum absolute atomic E-state index is 0.0603. The zero-order valence-corrected chi connectivity index (χ0v) is 18.0. The third kappa shape index (κ3) is 6.24. The van der Waals surface area contributed by atoms with Crippen LogP contribution in [0.4, 0.5) is 5.69 Å². The summed E-state index contributed by atoms with van der Waals surface area (Å²) < 4.78 is 12.1. The molecule has 0 saturated heterocycles. The highest BCUT2D eigenvalue weighted by Gasteiger charge is 2.16. The molecule has 0 aliphatic rings. The maximum Gasteiger partial charge on any atom is 0.340 e. The van der Waals surface area contributed by atoms with Gasteiger partial charge in [0.15, 0.2) is 12.4 Å². The SMILES string of the molecule is CCCCn1nnnc1COC(=O)c1ccccc1NC(=O)/C=C/c1ccc(OC)cc1. The number of amides is 1. The molecule has 166 valence electrons. The summed E-state index contributed by atoms with van der Waals surface area (Å²) in [5, 5.41) is 14.2. The van der Waals surface area contributed by atoms with E-state index in [1.165, 1.54) is 6.08 Å². The summed E-state index contributed by atoms with van der Waals surface area (Å²) in [5.74, 6) is 0.254. The van der Waals surface area contributed by atoms with Gasteiger partial charge in [0, 0.05) is 12.6 Å². The van der Waals surface area contributed by atoms with Crippen molar-refractivity contribution < 1.29 is 19.1 Å². The Balaban J connectivity index is 1.62. The summed E-state index contributed by atoms with van der Waals surface area (Å²) in [7, 11) is 1.59. The Labute approximate surface area is 186 Å². The first-order valence-corrected chi connectivity index (χ1v) is 10.2. The van der Waals surface area contributed by atoms with E-state index in [4.69, 9.17) is 9.47 Å². The molecule has 1 aromatic heterocycles. The van der Waals surface area contributed by atoms with Crippen LogP contribution in [-0.4, -0.2) is 39.2 Å². The van der Waals surface area contributed by atoms with Crippen molar-refractivity contribution in [1.29, 1.82) is 0 Å². The Morgan fingerprint density at radius 2 is 1.91 bits per heavy atom. The topological polar surface area (TPSA) is 108 Å². The molecule has 1 amide bonds. The van der Waals surface area contributed by atoms with E-state index in [9.17, 15) is 9.59 Å². The summed E-state index contributed by atoms with van der Waals surface area (Å²) in [6, 6.07) is 13.9. The van der Waals surface area contributed by atoms with Gasteiger partial charge < -0.3 is 14.8 Å². The van der Waals surface area contributed by atoms with Crippen molar-refractivity contribution in [3.63, 3.8) is 0 Å². The molecule has 3 aromatic rings. The van der Waals surface area contributed by atoms with Crippen LogP contribution in [0.25, 0.3) is 6.08 Å². The fraction of sp³-hybridized carbons (Fsp3) is 0.261. The number of ether oxygens (including phenoxy) is 2. The Kier molecular flexibility index (Phi) is 8.08. The summed E-state index contributed by atoms with van der Waals surface area (Å²) in [5.41, 5.74) is 1.44. The molecule has 0 aliphatic carbocycles. The highest BCUT2D eigenvalue weighted by atomic mass is 16.5. The first-order chi connectivity index (χ1) is 15.6. The molecule has 0 bridgehead atoms. The molecule has 0 aliphatic heterocycles. The van der Waals surface area contributed by atoms with Gasteiger partial charge in [0.25, 0.3) is 0 Å². The number of rotatable bonds is 10. The maximum atomic E-state index is 12.6. The third-order valence-electron chi connectivity index (χ3n) is 4.61. The van der Waals surface area contributed by atoms with Crippen LogP contribution in [0.15, 0.2) is 54.6 Å². The quantitative estimate of drug-likeness (QED) is 0.384. The molecule has 1 N–H and O–H groups in total. The lowest BCUT2D eigenvalue weighted by Gasteiger charge is -2.10. The largest absolute Gasteiger partial charge is 0.497 e. The molecule has 0 atom stereocenters. The molecule has 0 unspecified atom stereocenters. The molecule has 0 saturated carbocycles. The van der Waals surface area contributed by atoms with Gasteiger partial charge in [0.05, 0.1) is 18.4 Å². The maximum absolute atomic E-state index is 12.6. The molecule has 3 rings (SSSR count). The van der Waals surface area contributed by atoms with Crippen LogP contribution in [0.1, 0.15) is 41.5 Å². The number of carbonyl (C=O) groups is 2. The number of hydrogen-bond acceptors (Lipinski definition) is 7. The number of para-hydroxylation sites is 1. The first-order valence-electron chi connectivity index (χ1n) is 10.2. The average Bonchev–Trinajstić information content (AvgIpc) is 3.27. The molecule has 32 heavy (non-hydrogen) atoms. The van der Waals surface area contributed by atoms with E-state index in [-0.39, 0.29) is 18.1 Å². The van der Waals surface area contributed by atoms with Gasteiger partial charge in [-0.05, 0) is 52.8 Å². The van der Waals surface area contributed by atoms with Gasteiger partial charge in [0.1, 0.15) is 5.75 Å². The second kappa shape index (κ2) is 11.4. The number of nitrogens with zero attached hydrogens (tertiary/aromatic N) is 4. The van der Waals surface area contributed by atoms with Gasteiger partial charge in [-0.1, -0.05) is 37.6 Å².